The zero-order chi connectivity index (χ0) is 23.5. The van der Waals surface area contributed by atoms with Crippen molar-refractivity contribution in [1.82, 2.24) is 19.5 Å². The maximum atomic E-state index is 12.7. The molecule has 2 N–H and O–H groups in total. The highest BCUT2D eigenvalue weighted by atomic mass is 16.6. The first kappa shape index (κ1) is 22.6. The average Bonchev–Trinajstić information content (AvgIpc) is 3.02. The van der Waals surface area contributed by atoms with Crippen molar-refractivity contribution in [1.29, 1.82) is 0 Å². The normalized spacial score (nSPS) is 12.1. The molecule has 0 bridgehead atoms. The standard InChI is InChI=1S/C23H25N5O4/c1-6-17(16-11-9-15(2)10-12-16)24-19(29)14-28-22(31)27-13-7-8-18(20(27)26-28)25-21(30)32-23(3,4)5/h1,7-13,17H,14H2,2-5H3,(H,24,29)(H,25,30)/t17-/m0/s1. The van der Waals surface area contributed by atoms with Gasteiger partial charge in [-0.1, -0.05) is 35.7 Å². The van der Waals surface area contributed by atoms with Crippen LogP contribution in [0.3, 0.4) is 0 Å². The third kappa shape index (κ3) is 5.35. The Bertz CT molecular complexity index is 1240. The number of fused-ring (bicyclic) bond motifs is 1. The number of ether oxygens (including phenoxy) is 1. The largest absolute Gasteiger partial charge is 0.444 e. The lowest BCUT2D eigenvalue weighted by Crippen LogP contribution is -2.34. The molecule has 0 spiro atoms. The second-order valence-electron chi connectivity index (χ2n) is 8.26. The number of carbonyl (C=O) groups is 2. The van der Waals surface area contributed by atoms with Crippen molar-refractivity contribution >= 4 is 23.3 Å². The number of nitrogens with one attached hydrogen (secondary N) is 2. The van der Waals surface area contributed by atoms with Crippen LogP contribution in [-0.2, 0) is 16.1 Å². The lowest BCUT2D eigenvalue weighted by atomic mass is 10.1. The van der Waals surface area contributed by atoms with Gasteiger partial charge in [-0.05, 0) is 45.4 Å². The average molecular weight is 435 g/mol. The highest BCUT2D eigenvalue weighted by molar-refractivity contribution is 5.89. The number of hydrogen-bond donors (Lipinski definition) is 2. The van der Waals surface area contributed by atoms with Gasteiger partial charge in [0.2, 0.25) is 5.91 Å². The van der Waals surface area contributed by atoms with Gasteiger partial charge in [0, 0.05) is 6.20 Å². The van der Waals surface area contributed by atoms with Gasteiger partial charge in [0.05, 0.1) is 5.69 Å². The van der Waals surface area contributed by atoms with Crippen LogP contribution in [0.2, 0.25) is 0 Å². The van der Waals surface area contributed by atoms with Crippen molar-refractivity contribution < 1.29 is 14.3 Å². The first-order valence-electron chi connectivity index (χ1n) is 9.97. The summed E-state index contributed by atoms with van der Waals surface area (Å²) in [5.74, 6) is 2.07. The summed E-state index contributed by atoms with van der Waals surface area (Å²) in [6, 6.07) is 10.0. The van der Waals surface area contributed by atoms with E-state index in [1.54, 1.807) is 32.9 Å². The van der Waals surface area contributed by atoms with Crippen molar-refractivity contribution in [3.63, 3.8) is 0 Å². The second-order valence-corrected chi connectivity index (χ2v) is 8.26. The van der Waals surface area contributed by atoms with Gasteiger partial charge in [-0.3, -0.25) is 10.1 Å². The number of hydrogen-bond acceptors (Lipinski definition) is 5. The summed E-state index contributed by atoms with van der Waals surface area (Å²) in [4.78, 5) is 37.4. The van der Waals surface area contributed by atoms with E-state index in [4.69, 9.17) is 11.2 Å². The Kier molecular flexibility index (Phi) is 6.35. The Morgan fingerprint density at radius 1 is 1.22 bits per heavy atom. The van der Waals surface area contributed by atoms with Gasteiger partial charge in [-0.25, -0.2) is 18.7 Å². The molecular formula is C23H25N5O4. The fraction of sp³-hybridized carbons (Fsp3) is 0.304. The van der Waals surface area contributed by atoms with Crippen LogP contribution < -0.4 is 16.3 Å². The van der Waals surface area contributed by atoms with Crippen LogP contribution in [0, 0.1) is 19.3 Å². The van der Waals surface area contributed by atoms with Crippen LogP contribution in [0.1, 0.15) is 37.9 Å². The minimum absolute atomic E-state index is 0.184. The molecule has 0 fully saturated rings. The number of amides is 2. The van der Waals surface area contributed by atoms with E-state index in [1.807, 2.05) is 31.2 Å². The lowest BCUT2D eigenvalue weighted by Gasteiger charge is -2.19. The van der Waals surface area contributed by atoms with E-state index in [0.717, 1.165) is 15.8 Å². The number of aryl methyl sites for hydroxylation is 1. The summed E-state index contributed by atoms with van der Waals surface area (Å²) in [6.07, 6.45) is 6.40. The number of pyridine rings is 1. The van der Waals surface area contributed by atoms with E-state index in [-0.39, 0.29) is 17.9 Å². The number of carbonyl (C=O) groups excluding carboxylic acids is 2. The summed E-state index contributed by atoms with van der Waals surface area (Å²) in [7, 11) is 0. The SMILES string of the molecule is C#C[C@H](NC(=O)Cn1nc2c(NC(=O)OC(C)(C)C)cccn2c1=O)c1ccc(C)cc1. The highest BCUT2D eigenvalue weighted by Crippen LogP contribution is 2.16. The number of anilines is 1. The molecule has 3 aromatic rings. The molecule has 1 atom stereocenters. The monoisotopic (exact) mass is 435 g/mol. The number of terminal acetylenes is 1. The topological polar surface area (TPSA) is 107 Å². The zero-order valence-electron chi connectivity index (χ0n) is 18.4. The van der Waals surface area contributed by atoms with Gasteiger partial charge in [-0.15, -0.1) is 11.5 Å². The van der Waals surface area contributed by atoms with Crippen molar-refractivity contribution in [2.75, 3.05) is 5.32 Å². The van der Waals surface area contributed by atoms with E-state index < -0.39 is 29.3 Å². The second kappa shape index (κ2) is 8.98. The maximum absolute atomic E-state index is 12.7. The van der Waals surface area contributed by atoms with Crippen LogP contribution in [0.15, 0.2) is 47.4 Å². The Hall–Kier alpha value is -4.06. The first-order valence-corrected chi connectivity index (χ1v) is 9.97. The van der Waals surface area contributed by atoms with Crippen LogP contribution in [0.25, 0.3) is 5.65 Å². The van der Waals surface area contributed by atoms with Gasteiger partial charge in [0.1, 0.15) is 18.2 Å². The molecule has 0 unspecified atom stereocenters. The van der Waals surface area contributed by atoms with E-state index in [9.17, 15) is 14.4 Å². The molecule has 9 nitrogen and oxygen atoms in total. The quantitative estimate of drug-likeness (QED) is 0.599. The van der Waals surface area contributed by atoms with Crippen molar-refractivity contribution in [2.45, 2.75) is 45.9 Å². The molecule has 0 saturated carbocycles. The number of nitrogens with zero attached hydrogens (tertiary/aromatic N) is 3. The molecule has 1 aromatic carbocycles. The molecule has 0 aliphatic heterocycles. The lowest BCUT2D eigenvalue weighted by molar-refractivity contribution is -0.122. The molecule has 2 amide bonds. The predicted octanol–water partition coefficient (Wildman–Crippen LogP) is 2.64. The highest BCUT2D eigenvalue weighted by Gasteiger charge is 2.20. The Balaban J connectivity index is 1.79. The summed E-state index contributed by atoms with van der Waals surface area (Å²) in [5.41, 5.74) is 1.08. The molecule has 0 aliphatic rings. The predicted molar refractivity (Wildman–Crippen MR) is 120 cm³/mol. The maximum Gasteiger partial charge on any atom is 0.412 e. The molecule has 166 valence electrons. The third-order valence-corrected chi connectivity index (χ3v) is 4.42. The molecule has 0 saturated heterocycles. The molecule has 2 heterocycles. The Morgan fingerprint density at radius 2 is 1.91 bits per heavy atom. The van der Waals surface area contributed by atoms with Crippen LogP contribution >= 0.6 is 0 Å². The summed E-state index contributed by atoms with van der Waals surface area (Å²) in [6.45, 7) is 6.84. The fourth-order valence-corrected chi connectivity index (χ4v) is 2.98. The molecule has 9 heteroatoms. The van der Waals surface area contributed by atoms with Crippen LogP contribution in [0.5, 0.6) is 0 Å². The Morgan fingerprint density at radius 3 is 2.53 bits per heavy atom. The van der Waals surface area contributed by atoms with E-state index in [2.05, 4.69) is 21.7 Å². The first-order chi connectivity index (χ1) is 15.1. The zero-order valence-corrected chi connectivity index (χ0v) is 18.4. The van der Waals surface area contributed by atoms with E-state index in [1.165, 1.54) is 10.6 Å². The molecule has 0 aliphatic carbocycles. The molecule has 32 heavy (non-hydrogen) atoms. The Labute approximate surface area is 185 Å². The van der Waals surface area contributed by atoms with Crippen LogP contribution in [0.4, 0.5) is 10.5 Å². The summed E-state index contributed by atoms with van der Waals surface area (Å²) in [5, 5.41) is 9.50. The van der Waals surface area contributed by atoms with Crippen molar-refractivity contribution in [3.8, 4) is 12.3 Å². The summed E-state index contributed by atoms with van der Waals surface area (Å²) < 4.78 is 7.49. The minimum Gasteiger partial charge on any atom is -0.444 e. The third-order valence-electron chi connectivity index (χ3n) is 4.42. The summed E-state index contributed by atoms with van der Waals surface area (Å²) >= 11 is 0. The van der Waals surface area contributed by atoms with Gasteiger partial charge in [0.25, 0.3) is 0 Å². The van der Waals surface area contributed by atoms with Gasteiger partial charge < -0.3 is 10.1 Å². The smallest absolute Gasteiger partial charge is 0.412 e. The fourth-order valence-electron chi connectivity index (χ4n) is 2.98. The van der Waals surface area contributed by atoms with Gasteiger partial charge in [-0.2, -0.15) is 0 Å². The van der Waals surface area contributed by atoms with Gasteiger partial charge >= 0.3 is 11.8 Å². The number of aromatic nitrogens is 3. The van der Waals surface area contributed by atoms with Crippen molar-refractivity contribution in [2.24, 2.45) is 0 Å². The van der Waals surface area contributed by atoms with E-state index >= 15 is 0 Å². The molecular weight excluding hydrogens is 410 g/mol. The minimum atomic E-state index is -0.683. The van der Waals surface area contributed by atoms with E-state index in [0.29, 0.717) is 0 Å². The molecule has 0 radical (unpaired) electrons. The number of rotatable bonds is 5. The van der Waals surface area contributed by atoms with Gasteiger partial charge in [0.15, 0.2) is 5.65 Å². The molecule has 3 rings (SSSR count). The number of benzene rings is 1. The molecule has 2 aromatic heterocycles. The van der Waals surface area contributed by atoms with Crippen LogP contribution in [-0.4, -0.2) is 31.8 Å². The van der Waals surface area contributed by atoms with Crippen molar-refractivity contribution in [3.05, 3.63) is 64.2 Å².